The first-order valence-electron chi connectivity index (χ1n) is 6.80. The Hall–Kier alpha value is -2.07. The van der Waals surface area contributed by atoms with Gasteiger partial charge in [0, 0.05) is 10.5 Å². The van der Waals surface area contributed by atoms with Crippen LogP contribution in [0.3, 0.4) is 0 Å². The molecule has 3 nitrogen and oxygen atoms in total. The van der Waals surface area contributed by atoms with E-state index >= 15 is 0 Å². The van der Waals surface area contributed by atoms with Gasteiger partial charge in [-0.3, -0.25) is 0 Å². The summed E-state index contributed by atoms with van der Waals surface area (Å²) in [5, 5.41) is 8.22. The van der Waals surface area contributed by atoms with Crippen molar-refractivity contribution in [3.05, 3.63) is 65.5 Å². The number of thioether (sulfide) groups is 1. The van der Waals surface area contributed by atoms with Crippen LogP contribution < -0.4 is 0 Å². The average Bonchev–Trinajstić information content (AvgIpc) is 2.96. The summed E-state index contributed by atoms with van der Waals surface area (Å²) in [5.41, 5.74) is 3.51. The molecule has 0 aliphatic heterocycles. The minimum atomic E-state index is 0.576. The summed E-state index contributed by atoms with van der Waals surface area (Å²) >= 11 is 1.72. The third-order valence-corrected chi connectivity index (χ3v) is 4.33. The Morgan fingerprint density at radius 1 is 1.00 bits per heavy atom. The van der Waals surface area contributed by atoms with E-state index in [9.17, 15) is 0 Å². The van der Waals surface area contributed by atoms with Gasteiger partial charge in [-0.1, -0.05) is 35.9 Å². The number of aromatic nitrogens is 2. The number of benzene rings is 2. The Morgan fingerprint density at radius 3 is 2.57 bits per heavy atom. The smallest absolute Gasteiger partial charge is 0.247 e. The summed E-state index contributed by atoms with van der Waals surface area (Å²) in [7, 11) is 0. The van der Waals surface area contributed by atoms with Gasteiger partial charge < -0.3 is 4.42 Å². The summed E-state index contributed by atoms with van der Waals surface area (Å²) in [6, 6.07) is 16.3. The van der Waals surface area contributed by atoms with Gasteiger partial charge in [-0.2, -0.15) is 0 Å². The van der Waals surface area contributed by atoms with E-state index in [4.69, 9.17) is 4.42 Å². The van der Waals surface area contributed by atoms with Crippen LogP contribution in [0.15, 0.2) is 57.8 Å². The second-order valence-electron chi connectivity index (χ2n) is 4.92. The van der Waals surface area contributed by atoms with Gasteiger partial charge in [-0.15, -0.1) is 22.0 Å². The molecule has 0 aliphatic carbocycles. The minimum absolute atomic E-state index is 0.576. The predicted molar refractivity (Wildman–Crippen MR) is 85.2 cm³/mol. The van der Waals surface area contributed by atoms with Crippen LogP contribution in [0.1, 0.15) is 17.0 Å². The lowest BCUT2D eigenvalue weighted by molar-refractivity contribution is 0.528. The van der Waals surface area contributed by atoms with E-state index in [-0.39, 0.29) is 0 Å². The van der Waals surface area contributed by atoms with Gasteiger partial charge in [0.15, 0.2) is 0 Å². The van der Waals surface area contributed by atoms with Crippen LogP contribution in [0.2, 0.25) is 0 Å². The molecule has 0 atom stereocenters. The van der Waals surface area contributed by atoms with Crippen molar-refractivity contribution in [2.75, 3.05) is 0 Å². The van der Waals surface area contributed by atoms with Crippen LogP contribution in [-0.4, -0.2) is 10.2 Å². The second kappa shape index (κ2) is 6.14. The van der Waals surface area contributed by atoms with Gasteiger partial charge in [0.25, 0.3) is 0 Å². The molecular formula is C17H16N2OS. The van der Waals surface area contributed by atoms with Crippen LogP contribution in [0.5, 0.6) is 0 Å². The summed E-state index contributed by atoms with van der Waals surface area (Å²) in [6.45, 7) is 4.23. The lowest BCUT2D eigenvalue weighted by Crippen LogP contribution is -1.84. The first kappa shape index (κ1) is 13.9. The standard InChI is InChI=1S/C17H16N2OS/c1-12-8-9-15(13(2)10-12)21-11-16-18-19-17(20-16)14-6-4-3-5-7-14/h3-10H,11H2,1-2H3. The molecule has 0 spiro atoms. The third-order valence-electron chi connectivity index (χ3n) is 3.17. The number of rotatable bonds is 4. The normalized spacial score (nSPS) is 10.8. The molecule has 2 aromatic carbocycles. The molecule has 1 heterocycles. The zero-order valence-corrected chi connectivity index (χ0v) is 12.9. The van der Waals surface area contributed by atoms with Crippen LogP contribution in [0, 0.1) is 13.8 Å². The van der Waals surface area contributed by atoms with E-state index in [0.717, 1.165) is 5.56 Å². The largest absolute Gasteiger partial charge is 0.420 e. The van der Waals surface area contributed by atoms with Crippen LogP contribution in [0.4, 0.5) is 0 Å². The Bertz CT molecular complexity index is 738. The van der Waals surface area contributed by atoms with Crippen molar-refractivity contribution in [1.29, 1.82) is 0 Å². The number of aryl methyl sites for hydroxylation is 2. The quantitative estimate of drug-likeness (QED) is 0.657. The molecule has 0 saturated carbocycles. The molecule has 3 aromatic rings. The van der Waals surface area contributed by atoms with E-state index in [1.54, 1.807) is 11.8 Å². The molecule has 0 saturated heterocycles. The van der Waals surface area contributed by atoms with Crippen molar-refractivity contribution >= 4 is 11.8 Å². The first-order chi connectivity index (χ1) is 10.2. The molecule has 3 rings (SSSR count). The topological polar surface area (TPSA) is 38.9 Å². The van der Waals surface area contributed by atoms with Gasteiger partial charge in [-0.25, -0.2) is 0 Å². The highest BCUT2D eigenvalue weighted by Crippen LogP contribution is 2.27. The second-order valence-corrected chi connectivity index (χ2v) is 5.94. The number of hydrogen-bond donors (Lipinski definition) is 0. The maximum atomic E-state index is 5.71. The average molecular weight is 296 g/mol. The van der Waals surface area contributed by atoms with Gasteiger partial charge >= 0.3 is 0 Å². The molecule has 0 radical (unpaired) electrons. The van der Waals surface area contributed by atoms with Crippen molar-refractivity contribution in [3.63, 3.8) is 0 Å². The van der Waals surface area contributed by atoms with Crippen molar-refractivity contribution in [1.82, 2.24) is 10.2 Å². The van der Waals surface area contributed by atoms with E-state index in [0.29, 0.717) is 17.5 Å². The monoisotopic (exact) mass is 296 g/mol. The molecule has 0 unspecified atom stereocenters. The lowest BCUT2D eigenvalue weighted by Gasteiger charge is -2.04. The van der Waals surface area contributed by atoms with E-state index < -0.39 is 0 Å². The van der Waals surface area contributed by atoms with Crippen molar-refractivity contribution in [2.24, 2.45) is 0 Å². The maximum absolute atomic E-state index is 5.71. The van der Waals surface area contributed by atoms with Crippen LogP contribution in [-0.2, 0) is 5.75 Å². The number of hydrogen-bond acceptors (Lipinski definition) is 4. The fourth-order valence-electron chi connectivity index (χ4n) is 2.11. The van der Waals surface area contributed by atoms with Gasteiger partial charge in [-0.05, 0) is 37.6 Å². The Morgan fingerprint density at radius 2 is 1.81 bits per heavy atom. The first-order valence-corrected chi connectivity index (χ1v) is 7.79. The Labute approximate surface area is 128 Å². The fourth-order valence-corrected chi connectivity index (χ4v) is 2.96. The maximum Gasteiger partial charge on any atom is 0.247 e. The molecule has 0 bridgehead atoms. The zero-order valence-electron chi connectivity index (χ0n) is 12.0. The molecule has 4 heteroatoms. The lowest BCUT2D eigenvalue weighted by atomic mass is 10.2. The van der Waals surface area contributed by atoms with Gasteiger partial charge in [0.1, 0.15) is 0 Å². The highest BCUT2D eigenvalue weighted by atomic mass is 32.2. The summed E-state index contributed by atoms with van der Waals surface area (Å²) in [4.78, 5) is 1.25. The molecule has 0 N–H and O–H groups in total. The van der Waals surface area contributed by atoms with Crippen LogP contribution in [0.25, 0.3) is 11.5 Å². The van der Waals surface area contributed by atoms with E-state index in [1.807, 2.05) is 30.3 Å². The highest BCUT2D eigenvalue weighted by Gasteiger charge is 2.09. The minimum Gasteiger partial charge on any atom is -0.420 e. The van der Waals surface area contributed by atoms with Crippen molar-refractivity contribution in [2.45, 2.75) is 24.5 Å². The van der Waals surface area contributed by atoms with Crippen molar-refractivity contribution in [3.8, 4) is 11.5 Å². The van der Waals surface area contributed by atoms with Crippen molar-refractivity contribution < 1.29 is 4.42 Å². The molecule has 0 amide bonds. The molecule has 1 aromatic heterocycles. The molecule has 106 valence electrons. The van der Waals surface area contributed by atoms with Gasteiger partial charge in [0.05, 0.1) is 5.75 Å². The number of nitrogens with zero attached hydrogens (tertiary/aromatic N) is 2. The Kier molecular flexibility index (Phi) is 4.06. The molecule has 0 aliphatic rings. The Balaban J connectivity index is 1.70. The molecule has 0 fully saturated rings. The van der Waals surface area contributed by atoms with Gasteiger partial charge in [0.2, 0.25) is 11.8 Å². The summed E-state index contributed by atoms with van der Waals surface area (Å²) in [5.74, 6) is 1.91. The summed E-state index contributed by atoms with van der Waals surface area (Å²) in [6.07, 6.45) is 0. The molecule has 21 heavy (non-hydrogen) atoms. The summed E-state index contributed by atoms with van der Waals surface area (Å²) < 4.78 is 5.71. The zero-order chi connectivity index (χ0) is 14.7. The SMILES string of the molecule is Cc1ccc(SCc2nnc(-c3ccccc3)o2)c(C)c1. The fraction of sp³-hybridized carbons (Fsp3) is 0.176. The predicted octanol–water partition coefficient (Wildman–Crippen LogP) is 4.65. The highest BCUT2D eigenvalue weighted by molar-refractivity contribution is 7.98. The third kappa shape index (κ3) is 3.34. The van der Waals surface area contributed by atoms with E-state index in [2.05, 4.69) is 42.2 Å². The van der Waals surface area contributed by atoms with E-state index in [1.165, 1.54) is 16.0 Å². The molecular weight excluding hydrogens is 280 g/mol. The van der Waals surface area contributed by atoms with Crippen LogP contribution >= 0.6 is 11.8 Å².